The Morgan fingerprint density at radius 2 is 1.39 bits per heavy atom. The van der Waals surface area contributed by atoms with E-state index in [-0.39, 0.29) is 24.2 Å². The molecule has 1 heterocycles. The normalized spacial score (nSPS) is 34.7. The fourth-order valence-electron chi connectivity index (χ4n) is 9.88. The molecule has 11 atom stereocenters. The predicted molar refractivity (Wildman–Crippen MR) is 205 cm³/mol. The minimum Gasteiger partial charge on any atom is -0.462 e. The molecule has 314 valence electrons. The molecule has 6 rings (SSSR count). The van der Waals surface area contributed by atoms with Crippen LogP contribution in [0.4, 0.5) is 0 Å². The van der Waals surface area contributed by atoms with Crippen molar-refractivity contribution in [2.45, 2.75) is 96.1 Å². The van der Waals surface area contributed by atoms with E-state index in [1.807, 2.05) is 6.07 Å². The first kappa shape index (κ1) is 42.9. The first-order valence-electron chi connectivity index (χ1n) is 19.2. The van der Waals surface area contributed by atoms with Crippen LogP contribution in [-0.2, 0) is 61.9 Å². The Hall–Kier alpha value is -5.67. The summed E-state index contributed by atoms with van der Waals surface area (Å²) in [5, 5.41) is 13.4. The van der Waals surface area contributed by atoms with Crippen LogP contribution in [0, 0.1) is 22.7 Å². The summed E-state index contributed by atoms with van der Waals surface area (Å²) >= 11 is 0. The topological polar surface area (TPSA) is 204 Å². The van der Waals surface area contributed by atoms with E-state index in [2.05, 4.69) is 6.58 Å². The highest BCUT2D eigenvalue weighted by Crippen LogP contribution is 2.67. The van der Waals surface area contributed by atoms with E-state index in [1.54, 1.807) is 49.4 Å². The largest absolute Gasteiger partial charge is 0.462 e. The summed E-state index contributed by atoms with van der Waals surface area (Å²) in [4.78, 5) is 95.0. The summed E-state index contributed by atoms with van der Waals surface area (Å²) in [5.74, 6) is -8.70. The maximum absolute atomic E-state index is 14.4. The fraction of sp³-hybridized carbons (Fsp3) is 0.477. The number of Topliss-reactive ketones (excluding diaryl/α,β-unsaturated/α-hetero) is 1. The number of esters is 6. The van der Waals surface area contributed by atoms with Crippen molar-refractivity contribution in [2.75, 3.05) is 13.2 Å². The van der Waals surface area contributed by atoms with Gasteiger partial charge in [-0.15, -0.1) is 0 Å². The molecule has 3 saturated carbocycles. The van der Waals surface area contributed by atoms with Crippen molar-refractivity contribution in [2.24, 2.45) is 22.7 Å². The number of carbonyl (C=O) groups is 7. The molecule has 15 heteroatoms. The molecule has 0 aromatic heterocycles. The van der Waals surface area contributed by atoms with Crippen LogP contribution in [0.15, 0.2) is 78.9 Å². The monoisotopic (exact) mass is 816 g/mol. The van der Waals surface area contributed by atoms with E-state index in [9.17, 15) is 38.7 Å². The van der Waals surface area contributed by atoms with Crippen molar-refractivity contribution in [3.63, 3.8) is 0 Å². The highest BCUT2D eigenvalue weighted by Gasteiger charge is 2.83. The highest BCUT2D eigenvalue weighted by molar-refractivity contribution is 5.92. The van der Waals surface area contributed by atoms with Crippen LogP contribution < -0.4 is 0 Å². The number of hydrogen-bond donors (Lipinski definition) is 1. The molecule has 59 heavy (non-hydrogen) atoms. The second kappa shape index (κ2) is 16.2. The van der Waals surface area contributed by atoms with Gasteiger partial charge in [0.1, 0.15) is 30.5 Å². The lowest BCUT2D eigenvalue weighted by molar-refractivity contribution is -0.302. The molecule has 2 aromatic carbocycles. The first-order valence-corrected chi connectivity index (χ1v) is 19.2. The van der Waals surface area contributed by atoms with E-state index in [1.165, 1.54) is 31.2 Å². The highest BCUT2D eigenvalue weighted by atomic mass is 16.6. The summed E-state index contributed by atoms with van der Waals surface area (Å²) in [6, 6.07) is 16.8. The van der Waals surface area contributed by atoms with Crippen LogP contribution in [0.25, 0.3) is 6.08 Å². The molecule has 4 aliphatic rings. The van der Waals surface area contributed by atoms with Gasteiger partial charge in [0.2, 0.25) is 0 Å². The van der Waals surface area contributed by atoms with Gasteiger partial charge in [-0.05, 0) is 36.3 Å². The van der Waals surface area contributed by atoms with Gasteiger partial charge in [0, 0.05) is 63.9 Å². The van der Waals surface area contributed by atoms with Crippen LogP contribution in [-0.4, -0.2) is 102 Å². The molecular weight excluding hydrogens is 768 g/mol. The standard InChI is InChI=1S/C44H48O15/c1-24-32(59-35(50)19-18-29-14-10-8-11-15-29)21-34(55-25(2)45)43(23-53-40(51)30-16-12-9-13-17-30)36(24)37(56-26(3)46)31-20-33(49)42(7)44(52,41(31,6)22-54-42)39(58-28(5)48)38(43)57-27(4)47/h8-19,31-32,34,36-39,52H,1,20-23H2,2-7H3/b19-18+/t31-,32-,34-,36-,37+,38-,39-,41-,42+,43+,44-/m1/s1. The number of ketones is 1. The molecule has 15 nitrogen and oxygen atoms in total. The summed E-state index contributed by atoms with van der Waals surface area (Å²) < 4.78 is 42.7. The number of carbonyl (C=O) groups excluding carboxylic acids is 7. The molecule has 1 N–H and O–H groups in total. The molecule has 1 aliphatic heterocycles. The Morgan fingerprint density at radius 1 is 0.814 bits per heavy atom. The lowest BCUT2D eigenvalue weighted by Crippen LogP contribution is -2.81. The number of rotatable bonds is 10. The van der Waals surface area contributed by atoms with Crippen LogP contribution in [0.3, 0.4) is 0 Å². The van der Waals surface area contributed by atoms with E-state index in [0.717, 1.165) is 27.7 Å². The Kier molecular flexibility index (Phi) is 11.8. The van der Waals surface area contributed by atoms with Crippen molar-refractivity contribution in [1.82, 2.24) is 0 Å². The van der Waals surface area contributed by atoms with Gasteiger partial charge < -0.3 is 38.3 Å². The molecule has 0 radical (unpaired) electrons. The molecule has 1 saturated heterocycles. The van der Waals surface area contributed by atoms with E-state index < -0.39 is 119 Å². The third-order valence-electron chi connectivity index (χ3n) is 12.5. The molecule has 0 spiro atoms. The number of fused-ring (bicyclic) bond motifs is 1. The van der Waals surface area contributed by atoms with Crippen LogP contribution in [0.2, 0.25) is 0 Å². The number of ether oxygens (including phenoxy) is 7. The second-order valence-electron chi connectivity index (χ2n) is 16.0. The zero-order valence-corrected chi connectivity index (χ0v) is 33.7. The van der Waals surface area contributed by atoms with Crippen molar-refractivity contribution in [3.8, 4) is 0 Å². The third-order valence-corrected chi connectivity index (χ3v) is 12.5. The quantitative estimate of drug-likeness (QED) is 0.156. The van der Waals surface area contributed by atoms with Gasteiger partial charge in [-0.25, -0.2) is 9.59 Å². The lowest BCUT2D eigenvalue weighted by Gasteiger charge is -2.65. The molecule has 3 aliphatic carbocycles. The maximum atomic E-state index is 14.4. The van der Waals surface area contributed by atoms with Gasteiger partial charge >= 0.3 is 35.8 Å². The van der Waals surface area contributed by atoms with Crippen molar-refractivity contribution in [3.05, 3.63) is 90.0 Å². The van der Waals surface area contributed by atoms with Crippen molar-refractivity contribution in [1.29, 1.82) is 0 Å². The lowest BCUT2D eigenvalue weighted by atomic mass is 9.43. The summed E-state index contributed by atoms with van der Waals surface area (Å²) in [7, 11) is 0. The second-order valence-corrected chi connectivity index (χ2v) is 16.0. The Balaban J connectivity index is 1.65. The minimum atomic E-state index is -2.54. The molecular formula is C44H48O15. The van der Waals surface area contributed by atoms with E-state index >= 15 is 0 Å². The molecule has 4 bridgehead atoms. The Bertz CT molecular complexity index is 2060. The fourth-order valence-corrected chi connectivity index (χ4v) is 9.88. The SMILES string of the molecule is C=C1[C@@H]2[C@@H](OC(C)=O)[C@H]3CC(=O)[C@]4(C)OC[C@@]3(C)[C@]4(O)[C@H](OC(C)=O)[C@@H](OC(C)=O)[C@@]2(COC(=O)c2ccccc2)[C@H](OC(C)=O)C[C@H]1OC(=O)/C=C/c1ccccc1. The Labute approximate surface area is 340 Å². The van der Waals surface area contributed by atoms with Gasteiger partial charge in [0.15, 0.2) is 23.6 Å². The average Bonchev–Trinajstić information content (AvgIpc) is 3.32. The minimum absolute atomic E-state index is 0.0318. The Morgan fingerprint density at radius 3 is 1.98 bits per heavy atom. The zero-order valence-electron chi connectivity index (χ0n) is 33.7. The number of hydrogen-bond acceptors (Lipinski definition) is 15. The van der Waals surface area contributed by atoms with E-state index in [4.69, 9.17) is 33.2 Å². The molecule has 4 fully saturated rings. The van der Waals surface area contributed by atoms with Crippen LogP contribution in [0.5, 0.6) is 0 Å². The van der Waals surface area contributed by atoms with Crippen LogP contribution in [0.1, 0.15) is 70.3 Å². The van der Waals surface area contributed by atoms with Crippen LogP contribution >= 0.6 is 0 Å². The van der Waals surface area contributed by atoms with Crippen molar-refractivity contribution >= 4 is 47.7 Å². The zero-order chi connectivity index (χ0) is 43.1. The molecule has 0 amide bonds. The van der Waals surface area contributed by atoms with Gasteiger partial charge in [-0.1, -0.05) is 62.0 Å². The number of aliphatic hydroxyl groups is 1. The predicted octanol–water partition coefficient (Wildman–Crippen LogP) is 3.89. The van der Waals surface area contributed by atoms with Gasteiger partial charge in [-0.3, -0.25) is 24.0 Å². The van der Waals surface area contributed by atoms with Gasteiger partial charge in [-0.2, -0.15) is 0 Å². The molecule has 0 unspecified atom stereocenters. The third kappa shape index (κ3) is 7.35. The summed E-state index contributed by atoms with van der Waals surface area (Å²) in [5.41, 5.74) is -7.59. The summed E-state index contributed by atoms with van der Waals surface area (Å²) in [6.07, 6.45) is -6.44. The van der Waals surface area contributed by atoms with Gasteiger partial charge in [0.25, 0.3) is 0 Å². The molecule has 2 aromatic rings. The van der Waals surface area contributed by atoms with Crippen molar-refractivity contribution < 1.29 is 71.8 Å². The smallest absolute Gasteiger partial charge is 0.338 e. The summed E-state index contributed by atoms with van der Waals surface area (Å²) in [6.45, 7) is 10.4. The maximum Gasteiger partial charge on any atom is 0.338 e. The first-order chi connectivity index (χ1) is 27.8. The average molecular weight is 817 g/mol. The number of benzene rings is 2. The van der Waals surface area contributed by atoms with E-state index in [0.29, 0.717) is 5.56 Å². The van der Waals surface area contributed by atoms with Gasteiger partial charge in [0.05, 0.1) is 17.6 Å².